The number of nitrogens with zero attached hydrogens (tertiary/aromatic N) is 3. The minimum Gasteiger partial charge on any atom is -0.497 e. The Labute approximate surface area is 168 Å². The number of carbonyl (C=O) groups is 1. The van der Waals surface area contributed by atoms with Gasteiger partial charge in [0.25, 0.3) is 5.89 Å². The number of aromatic nitrogens is 2. The minimum atomic E-state index is -0.0263. The minimum absolute atomic E-state index is 0.0263. The SMILES string of the molecule is COc1ccc(CCNC(=O)N2CCC(c3nnc(-c4ccoc4)o3)CC2)cc1. The Morgan fingerprint density at radius 1 is 1.21 bits per heavy atom. The van der Waals surface area contributed by atoms with E-state index >= 15 is 0 Å². The third-order valence-electron chi connectivity index (χ3n) is 5.19. The first-order valence-corrected chi connectivity index (χ1v) is 9.74. The number of likely N-dealkylation sites (tertiary alicyclic amines) is 1. The van der Waals surface area contributed by atoms with E-state index in [1.165, 1.54) is 0 Å². The molecule has 8 heteroatoms. The fourth-order valence-corrected chi connectivity index (χ4v) is 3.45. The summed E-state index contributed by atoms with van der Waals surface area (Å²) in [7, 11) is 1.65. The lowest BCUT2D eigenvalue weighted by Gasteiger charge is -2.30. The number of hydrogen-bond acceptors (Lipinski definition) is 6. The zero-order chi connectivity index (χ0) is 20.1. The Bertz CT molecular complexity index is 913. The maximum Gasteiger partial charge on any atom is 0.317 e. The number of ether oxygens (including phenoxy) is 1. The summed E-state index contributed by atoms with van der Waals surface area (Å²) in [5.41, 5.74) is 1.94. The Balaban J connectivity index is 1.22. The van der Waals surface area contributed by atoms with Crippen molar-refractivity contribution in [1.29, 1.82) is 0 Å². The summed E-state index contributed by atoms with van der Waals surface area (Å²) in [6, 6.07) is 9.64. The molecule has 8 nitrogen and oxygen atoms in total. The quantitative estimate of drug-likeness (QED) is 0.686. The van der Waals surface area contributed by atoms with Gasteiger partial charge >= 0.3 is 6.03 Å². The highest BCUT2D eigenvalue weighted by molar-refractivity contribution is 5.74. The predicted octanol–water partition coefficient (Wildman–Crippen LogP) is 3.47. The van der Waals surface area contributed by atoms with Gasteiger partial charge in [0.05, 0.1) is 18.9 Å². The number of nitrogens with one attached hydrogen (secondary N) is 1. The number of methoxy groups -OCH3 is 1. The first-order chi connectivity index (χ1) is 14.2. The molecule has 0 bridgehead atoms. The standard InChI is InChI=1S/C21H24N4O4/c1-27-18-4-2-15(3-5-18)6-10-22-21(26)25-11-7-16(8-12-25)19-23-24-20(29-19)17-9-13-28-14-17/h2-5,9,13-14,16H,6-8,10-12H2,1H3,(H,22,26). The number of benzene rings is 1. The van der Waals surface area contributed by atoms with Gasteiger partial charge < -0.3 is 23.8 Å². The van der Waals surface area contributed by atoms with Crippen molar-refractivity contribution in [3.05, 3.63) is 54.3 Å². The fourth-order valence-electron chi connectivity index (χ4n) is 3.45. The van der Waals surface area contributed by atoms with E-state index in [4.69, 9.17) is 13.6 Å². The highest BCUT2D eigenvalue weighted by atomic mass is 16.5. The second-order valence-corrected chi connectivity index (χ2v) is 7.05. The van der Waals surface area contributed by atoms with Crippen LogP contribution in [0, 0.1) is 0 Å². The Hall–Kier alpha value is -3.29. The molecule has 1 saturated heterocycles. The van der Waals surface area contributed by atoms with Crippen LogP contribution in [0.2, 0.25) is 0 Å². The van der Waals surface area contributed by atoms with E-state index in [0.29, 0.717) is 31.4 Å². The van der Waals surface area contributed by atoms with Crippen molar-refractivity contribution in [2.75, 3.05) is 26.7 Å². The molecule has 0 aliphatic carbocycles. The summed E-state index contributed by atoms with van der Waals surface area (Å²) >= 11 is 0. The van der Waals surface area contributed by atoms with Gasteiger partial charge in [-0.05, 0) is 43.0 Å². The smallest absolute Gasteiger partial charge is 0.317 e. The summed E-state index contributed by atoms with van der Waals surface area (Å²) in [5, 5.41) is 11.3. The van der Waals surface area contributed by atoms with Crippen LogP contribution in [0.1, 0.15) is 30.2 Å². The van der Waals surface area contributed by atoms with Crippen LogP contribution in [-0.2, 0) is 6.42 Å². The zero-order valence-corrected chi connectivity index (χ0v) is 16.3. The highest BCUT2D eigenvalue weighted by Gasteiger charge is 2.27. The van der Waals surface area contributed by atoms with Crippen LogP contribution in [0.5, 0.6) is 5.75 Å². The van der Waals surface area contributed by atoms with Crippen molar-refractivity contribution in [2.24, 2.45) is 0 Å². The molecule has 0 saturated carbocycles. The Kier molecular flexibility index (Phi) is 5.79. The molecule has 2 aromatic heterocycles. The number of piperidine rings is 1. The third kappa shape index (κ3) is 4.59. The molecular weight excluding hydrogens is 372 g/mol. The predicted molar refractivity (Wildman–Crippen MR) is 106 cm³/mol. The topological polar surface area (TPSA) is 93.6 Å². The average molecular weight is 396 g/mol. The van der Waals surface area contributed by atoms with E-state index < -0.39 is 0 Å². The number of amides is 2. The largest absolute Gasteiger partial charge is 0.497 e. The highest BCUT2D eigenvalue weighted by Crippen LogP contribution is 2.29. The number of rotatable bonds is 6. The summed E-state index contributed by atoms with van der Waals surface area (Å²) in [5.74, 6) is 2.10. The summed E-state index contributed by atoms with van der Waals surface area (Å²) < 4.78 is 16.0. The molecule has 29 heavy (non-hydrogen) atoms. The van der Waals surface area contributed by atoms with Crippen LogP contribution in [-0.4, -0.2) is 47.9 Å². The number of furan rings is 1. The molecule has 1 aromatic carbocycles. The molecule has 0 spiro atoms. The second-order valence-electron chi connectivity index (χ2n) is 7.05. The van der Waals surface area contributed by atoms with Crippen molar-refractivity contribution in [2.45, 2.75) is 25.2 Å². The van der Waals surface area contributed by atoms with Gasteiger partial charge in [-0.3, -0.25) is 0 Å². The summed E-state index contributed by atoms with van der Waals surface area (Å²) in [6.07, 6.45) is 5.55. The normalized spacial score (nSPS) is 14.7. The van der Waals surface area contributed by atoms with Crippen LogP contribution < -0.4 is 10.1 Å². The zero-order valence-electron chi connectivity index (χ0n) is 16.3. The first-order valence-electron chi connectivity index (χ1n) is 9.74. The Morgan fingerprint density at radius 3 is 2.69 bits per heavy atom. The van der Waals surface area contributed by atoms with Crippen LogP contribution >= 0.6 is 0 Å². The van der Waals surface area contributed by atoms with Gasteiger partial charge in [-0.1, -0.05) is 12.1 Å². The molecule has 3 heterocycles. The van der Waals surface area contributed by atoms with Crippen molar-refractivity contribution in [3.63, 3.8) is 0 Å². The molecule has 0 radical (unpaired) electrons. The van der Waals surface area contributed by atoms with Gasteiger partial charge in [0, 0.05) is 25.6 Å². The van der Waals surface area contributed by atoms with E-state index in [0.717, 1.165) is 36.1 Å². The maximum absolute atomic E-state index is 12.4. The fraction of sp³-hybridized carbons (Fsp3) is 0.381. The van der Waals surface area contributed by atoms with Crippen LogP contribution in [0.25, 0.3) is 11.5 Å². The number of hydrogen-bond donors (Lipinski definition) is 1. The van der Waals surface area contributed by atoms with Gasteiger partial charge in [-0.25, -0.2) is 4.79 Å². The van der Waals surface area contributed by atoms with Gasteiger partial charge in [0.2, 0.25) is 5.89 Å². The van der Waals surface area contributed by atoms with Gasteiger partial charge in [-0.2, -0.15) is 0 Å². The van der Waals surface area contributed by atoms with Crippen molar-refractivity contribution >= 4 is 6.03 Å². The number of carbonyl (C=O) groups excluding carboxylic acids is 1. The second kappa shape index (κ2) is 8.81. The molecule has 1 aliphatic rings. The average Bonchev–Trinajstić information content (AvgIpc) is 3.46. The maximum atomic E-state index is 12.4. The molecule has 0 unspecified atom stereocenters. The molecular formula is C21H24N4O4. The molecule has 0 atom stereocenters. The summed E-state index contributed by atoms with van der Waals surface area (Å²) in [4.78, 5) is 14.3. The third-order valence-corrected chi connectivity index (χ3v) is 5.19. The van der Waals surface area contributed by atoms with Crippen molar-refractivity contribution < 1.29 is 18.4 Å². The molecule has 3 aromatic rings. The molecule has 152 valence electrons. The van der Waals surface area contributed by atoms with E-state index in [9.17, 15) is 4.79 Å². The van der Waals surface area contributed by atoms with Crippen molar-refractivity contribution in [1.82, 2.24) is 20.4 Å². The number of urea groups is 1. The lowest BCUT2D eigenvalue weighted by atomic mass is 9.97. The van der Waals surface area contributed by atoms with Crippen LogP contribution in [0.15, 0.2) is 51.7 Å². The molecule has 1 N–H and O–H groups in total. The summed E-state index contributed by atoms with van der Waals surface area (Å²) in [6.45, 7) is 1.94. The Morgan fingerprint density at radius 2 is 2.00 bits per heavy atom. The lowest BCUT2D eigenvalue weighted by molar-refractivity contribution is 0.177. The van der Waals surface area contributed by atoms with E-state index in [1.807, 2.05) is 29.2 Å². The van der Waals surface area contributed by atoms with Gasteiger partial charge in [0.15, 0.2) is 0 Å². The lowest BCUT2D eigenvalue weighted by Crippen LogP contribution is -2.44. The van der Waals surface area contributed by atoms with Crippen LogP contribution in [0.3, 0.4) is 0 Å². The van der Waals surface area contributed by atoms with E-state index in [2.05, 4.69) is 15.5 Å². The van der Waals surface area contributed by atoms with Gasteiger partial charge in [0.1, 0.15) is 12.0 Å². The molecule has 1 aliphatic heterocycles. The molecule has 1 fully saturated rings. The van der Waals surface area contributed by atoms with E-state index in [-0.39, 0.29) is 11.9 Å². The molecule has 4 rings (SSSR count). The molecule has 2 amide bonds. The van der Waals surface area contributed by atoms with Gasteiger partial charge in [-0.15, -0.1) is 10.2 Å². The van der Waals surface area contributed by atoms with E-state index in [1.54, 1.807) is 25.7 Å². The van der Waals surface area contributed by atoms with Crippen molar-refractivity contribution in [3.8, 4) is 17.2 Å². The first kappa shape index (κ1) is 19.0. The van der Waals surface area contributed by atoms with Crippen LogP contribution in [0.4, 0.5) is 4.79 Å². The monoisotopic (exact) mass is 396 g/mol.